The summed E-state index contributed by atoms with van der Waals surface area (Å²) >= 11 is 0. The monoisotopic (exact) mass is 546 g/mol. The lowest BCUT2D eigenvalue weighted by Gasteiger charge is -2.28. The Hall–Kier alpha value is -3.42. The fraction of sp³-hybridized carbons (Fsp3) is 0.562. The number of nitrogens with one attached hydrogen (secondary N) is 1. The first-order chi connectivity index (χ1) is 19.2. The molecule has 8 heteroatoms. The summed E-state index contributed by atoms with van der Waals surface area (Å²) in [5, 5.41) is 20.3. The minimum absolute atomic E-state index is 0.0263. The molecule has 1 aliphatic heterocycles. The summed E-state index contributed by atoms with van der Waals surface area (Å²) in [6.07, 6.45) is 9.34. The Bertz CT molecular complexity index is 1290. The predicted octanol–water partition coefficient (Wildman–Crippen LogP) is 6.00. The molecule has 1 heterocycles. The van der Waals surface area contributed by atoms with Crippen molar-refractivity contribution in [2.24, 2.45) is 16.9 Å². The number of nitrogens with zero attached hydrogens (tertiary/aromatic N) is 3. The molecule has 1 unspecified atom stereocenters. The van der Waals surface area contributed by atoms with Gasteiger partial charge in [0.2, 0.25) is 11.7 Å². The largest absolute Gasteiger partial charge is 0.506 e. The molecule has 5 rings (SSSR count). The zero-order valence-corrected chi connectivity index (χ0v) is 24.3. The van der Waals surface area contributed by atoms with E-state index in [0.717, 1.165) is 70.1 Å². The molecule has 1 aromatic rings. The van der Waals surface area contributed by atoms with E-state index in [1.165, 1.54) is 5.01 Å². The molecule has 0 spiro atoms. The maximum Gasteiger partial charge on any atom is 0.277 e. The molecule has 214 valence electrons. The molecular weight excluding hydrogens is 504 g/mol. The molecule has 4 aliphatic rings. The van der Waals surface area contributed by atoms with Crippen LogP contribution in [-0.4, -0.2) is 52.6 Å². The highest BCUT2D eigenvalue weighted by atomic mass is 16.3. The summed E-state index contributed by atoms with van der Waals surface area (Å²) in [6.45, 7) is 9.46. The van der Waals surface area contributed by atoms with Gasteiger partial charge in [0.05, 0.1) is 34.2 Å². The number of hydrogen-bond acceptors (Lipinski definition) is 6. The van der Waals surface area contributed by atoms with Gasteiger partial charge in [0.15, 0.2) is 0 Å². The fourth-order valence-electron chi connectivity index (χ4n) is 6.93. The molecule has 2 amide bonds. The van der Waals surface area contributed by atoms with Gasteiger partial charge in [-0.2, -0.15) is 5.10 Å². The minimum atomic E-state index is -0.396. The van der Waals surface area contributed by atoms with Crippen molar-refractivity contribution in [1.29, 1.82) is 0 Å². The quantitative estimate of drug-likeness (QED) is 0.370. The Balaban J connectivity index is 1.47. The van der Waals surface area contributed by atoms with Gasteiger partial charge in [0, 0.05) is 30.8 Å². The third-order valence-electron chi connectivity index (χ3n) is 9.31. The lowest BCUT2D eigenvalue weighted by molar-refractivity contribution is -0.129. The average molecular weight is 547 g/mol. The highest BCUT2D eigenvalue weighted by Crippen LogP contribution is 2.44. The summed E-state index contributed by atoms with van der Waals surface area (Å²) in [6, 6.07) is 5.52. The Morgan fingerprint density at radius 1 is 1.05 bits per heavy atom. The van der Waals surface area contributed by atoms with E-state index < -0.39 is 5.78 Å². The Morgan fingerprint density at radius 3 is 2.33 bits per heavy atom. The zero-order chi connectivity index (χ0) is 28.6. The van der Waals surface area contributed by atoms with Crippen LogP contribution in [0.5, 0.6) is 0 Å². The molecular formula is C32H42N4O4. The summed E-state index contributed by atoms with van der Waals surface area (Å²) in [7, 11) is 0. The summed E-state index contributed by atoms with van der Waals surface area (Å²) in [5.41, 5.74) is 2.70. The van der Waals surface area contributed by atoms with E-state index in [-0.39, 0.29) is 40.3 Å². The molecule has 0 saturated heterocycles. The lowest BCUT2D eigenvalue weighted by Crippen LogP contribution is -2.37. The number of carbonyl (C=O) groups excluding carboxylic acids is 3. The van der Waals surface area contributed by atoms with Crippen LogP contribution in [-0.2, 0) is 14.4 Å². The molecule has 0 aromatic heterocycles. The molecule has 1 atom stereocenters. The van der Waals surface area contributed by atoms with Crippen LogP contribution in [0.1, 0.15) is 91.0 Å². The molecule has 0 bridgehead atoms. The second-order valence-electron chi connectivity index (χ2n) is 11.7. The van der Waals surface area contributed by atoms with Crippen LogP contribution in [0.15, 0.2) is 40.2 Å². The molecule has 1 aromatic carbocycles. The van der Waals surface area contributed by atoms with Gasteiger partial charge >= 0.3 is 0 Å². The second-order valence-corrected chi connectivity index (χ2v) is 11.7. The normalized spacial score (nSPS) is 22.7. The molecule has 2 fully saturated rings. The SMILES string of the molecule is CCN(CC)c1ccc(C2=C(O)C(=C3C(=O)N(C(C)C4CCCC4)N=C3C)C2=O)c(NC(=O)CC2CCCC2)c1. The molecule has 8 nitrogen and oxygen atoms in total. The van der Waals surface area contributed by atoms with Crippen molar-refractivity contribution >= 4 is 40.3 Å². The summed E-state index contributed by atoms with van der Waals surface area (Å²) in [5.74, 6) is -0.239. The predicted molar refractivity (Wildman–Crippen MR) is 158 cm³/mol. The van der Waals surface area contributed by atoms with E-state index in [1.54, 1.807) is 13.0 Å². The first-order valence-corrected chi connectivity index (χ1v) is 15.1. The van der Waals surface area contributed by atoms with E-state index >= 15 is 0 Å². The highest BCUT2D eigenvalue weighted by Gasteiger charge is 2.45. The van der Waals surface area contributed by atoms with Crippen molar-refractivity contribution in [3.63, 3.8) is 0 Å². The second kappa shape index (κ2) is 11.6. The van der Waals surface area contributed by atoms with E-state index in [9.17, 15) is 19.5 Å². The number of aliphatic hydroxyl groups is 1. The molecule has 40 heavy (non-hydrogen) atoms. The molecule has 3 aliphatic carbocycles. The maximum atomic E-state index is 13.6. The van der Waals surface area contributed by atoms with Crippen LogP contribution in [0.3, 0.4) is 0 Å². The van der Waals surface area contributed by atoms with Crippen LogP contribution in [0.2, 0.25) is 0 Å². The number of allylic oxidation sites excluding steroid dienone is 2. The topological polar surface area (TPSA) is 102 Å². The van der Waals surface area contributed by atoms with Crippen LogP contribution >= 0.6 is 0 Å². The van der Waals surface area contributed by atoms with E-state index in [0.29, 0.717) is 35.2 Å². The number of hydrazone groups is 1. The maximum absolute atomic E-state index is 13.6. The number of benzene rings is 1. The molecule has 0 radical (unpaired) electrons. The highest BCUT2D eigenvalue weighted by molar-refractivity contribution is 6.44. The van der Waals surface area contributed by atoms with E-state index in [1.807, 2.05) is 19.1 Å². The standard InChI is InChI=1S/C32H42N4O4/c1-5-35(6-2)23-15-16-24(25(18-23)33-26(37)17-21-11-7-8-12-21)28-30(38)29(31(28)39)27-19(3)34-36(32(27)40)20(4)22-13-9-10-14-22/h15-16,18,20-22,38H,5-14,17H2,1-4H3,(H,33,37). The van der Waals surface area contributed by atoms with Gasteiger partial charge < -0.3 is 15.3 Å². The number of hydrogen-bond donors (Lipinski definition) is 2. The van der Waals surface area contributed by atoms with E-state index in [4.69, 9.17) is 0 Å². The zero-order valence-electron chi connectivity index (χ0n) is 24.3. The number of Topliss-reactive ketones (excluding diaryl/α,β-unsaturated/α-hetero) is 1. The first kappa shape index (κ1) is 28.1. The van der Waals surface area contributed by atoms with Gasteiger partial charge in [-0.25, -0.2) is 5.01 Å². The smallest absolute Gasteiger partial charge is 0.277 e. The number of anilines is 2. The first-order valence-electron chi connectivity index (χ1n) is 15.1. The number of aliphatic hydroxyl groups excluding tert-OH is 1. The van der Waals surface area contributed by atoms with Crippen LogP contribution in [0.4, 0.5) is 11.4 Å². The minimum Gasteiger partial charge on any atom is -0.506 e. The van der Waals surface area contributed by atoms with Crippen LogP contribution < -0.4 is 10.2 Å². The number of carbonyl (C=O) groups is 3. The third-order valence-corrected chi connectivity index (χ3v) is 9.31. The van der Waals surface area contributed by atoms with Gasteiger partial charge in [-0.15, -0.1) is 0 Å². The van der Waals surface area contributed by atoms with Gasteiger partial charge in [-0.1, -0.05) is 25.7 Å². The summed E-state index contributed by atoms with van der Waals surface area (Å²) in [4.78, 5) is 42.3. The van der Waals surface area contributed by atoms with Crippen LogP contribution in [0, 0.1) is 11.8 Å². The van der Waals surface area contributed by atoms with Crippen molar-refractivity contribution in [3.05, 3.63) is 40.7 Å². The number of amides is 2. The number of rotatable bonds is 9. The lowest BCUT2D eigenvalue weighted by atomic mass is 9.79. The van der Waals surface area contributed by atoms with Crippen molar-refractivity contribution < 1.29 is 19.5 Å². The van der Waals surface area contributed by atoms with Gasteiger partial charge in [0.25, 0.3) is 5.91 Å². The van der Waals surface area contributed by atoms with Crippen molar-refractivity contribution in [3.8, 4) is 0 Å². The van der Waals surface area contributed by atoms with E-state index in [2.05, 4.69) is 29.2 Å². The molecule has 2 N–H and O–H groups in total. The van der Waals surface area contributed by atoms with Crippen molar-refractivity contribution in [2.75, 3.05) is 23.3 Å². The Labute approximate surface area is 237 Å². The Morgan fingerprint density at radius 2 is 1.70 bits per heavy atom. The van der Waals surface area contributed by atoms with Crippen LogP contribution in [0.25, 0.3) is 5.57 Å². The fourth-order valence-corrected chi connectivity index (χ4v) is 6.93. The Kier molecular flexibility index (Phi) is 8.15. The number of ketones is 1. The average Bonchev–Trinajstić information content (AvgIpc) is 3.70. The van der Waals surface area contributed by atoms with Crippen molar-refractivity contribution in [1.82, 2.24) is 5.01 Å². The third kappa shape index (κ3) is 5.08. The van der Waals surface area contributed by atoms with Gasteiger partial charge in [-0.3, -0.25) is 14.4 Å². The van der Waals surface area contributed by atoms with Gasteiger partial charge in [-0.05, 0) is 83.4 Å². The van der Waals surface area contributed by atoms with Crippen molar-refractivity contribution in [2.45, 2.75) is 91.5 Å². The van der Waals surface area contributed by atoms with Gasteiger partial charge in [0.1, 0.15) is 5.76 Å². The summed E-state index contributed by atoms with van der Waals surface area (Å²) < 4.78 is 0. The molecule has 2 saturated carbocycles.